The van der Waals surface area contributed by atoms with E-state index in [2.05, 4.69) is 31.9 Å². The van der Waals surface area contributed by atoms with E-state index in [1.54, 1.807) is 21.4 Å². The standard InChI is InChI=1S/C22H26N8O2/c1-14-10-28(11-16-12-29-19(25-16)3-2-6-24-29)13-17(14)20-26-22(31)18-9-23-21(30(18)27-20)15-4-7-32-8-5-15/h2-3,6,9,12,14-15,17H,4-5,7-8,10-11,13H2,1H3,(H,26,27,31)/t14-,17-/m0/s1. The van der Waals surface area contributed by atoms with Gasteiger partial charge in [0, 0.05) is 50.9 Å². The van der Waals surface area contributed by atoms with Gasteiger partial charge in [-0.3, -0.25) is 9.69 Å². The summed E-state index contributed by atoms with van der Waals surface area (Å²) in [6.45, 7) is 6.15. The molecule has 2 fully saturated rings. The van der Waals surface area contributed by atoms with Crippen molar-refractivity contribution in [1.29, 1.82) is 0 Å². The average molecular weight is 435 g/mol. The number of aromatic nitrogens is 7. The van der Waals surface area contributed by atoms with Crippen molar-refractivity contribution in [2.24, 2.45) is 5.92 Å². The summed E-state index contributed by atoms with van der Waals surface area (Å²) in [4.78, 5) is 27.5. The second kappa shape index (κ2) is 7.79. The third-order valence-electron chi connectivity index (χ3n) is 6.74. The number of fused-ring (bicyclic) bond motifs is 2. The van der Waals surface area contributed by atoms with Gasteiger partial charge in [-0.25, -0.2) is 19.0 Å². The number of nitrogens with one attached hydrogen (secondary N) is 1. The van der Waals surface area contributed by atoms with Gasteiger partial charge in [0.25, 0.3) is 5.56 Å². The second-order valence-electron chi connectivity index (χ2n) is 8.98. The minimum atomic E-state index is -0.127. The summed E-state index contributed by atoms with van der Waals surface area (Å²) in [6, 6.07) is 3.85. The number of ether oxygens (including phenoxy) is 1. The highest BCUT2D eigenvalue weighted by atomic mass is 16.5. The zero-order chi connectivity index (χ0) is 21.7. The molecule has 2 atom stereocenters. The van der Waals surface area contributed by atoms with Crippen LogP contribution < -0.4 is 5.56 Å². The first kappa shape index (κ1) is 19.6. The van der Waals surface area contributed by atoms with Crippen LogP contribution in [0, 0.1) is 5.92 Å². The highest BCUT2D eigenvalue weighted by Crippen LogP contribution is 2.31. The predicted molar refractivity (Wildman–Crippen MR) is 117 cm³/mol. The van der Waals surface area contributed by atoms with Gasteiger partial charge >= 0.3 is 0 Å². The summed E-state index contributed by atoms with van der Waals surface area (Å²) in [7, 11) is 0. The van der Waals surface area contributed by atoms with E-state index in [1.165, 1.54) is 0 Å². The number of hydrogen-bond acceptors (Lipinski definition) is 7. The van der Waals surface area contributed by atoms with Crippen LogP contribution in [0.1, 0.15) is 48.9 Å². The van der Waals surface area contributed by atoms with E-state index in [9.17, 15) is 4.79 Å². The minimum Gasteiger partial charge on any atom is -0.381 e. The van der Waals surface area contributed by atoms with E-state index in [0.717, 1.165) is 68.7 Å². The van der Waals surface area contributed by atoms with Gasteiger partial charge in [0.2, 0.25) is 0 Å². The summed E-state index contributed by atoms with van der Waals surface area (Å²) in [5, 5.41) is 9.18. The topological polar surface area (TPSA) is 106 Å². The maximum Gasteiger partial charge on any atom is 0.276 e. The summed E-state index contributed by atoms with van der Waals surface area (Å²) in [5.41, 5.74) is 2.22. The van der Waals surface area contributed by atoms with Gasteiger partial charge in [-0.2, -0.15) is 10.2 Å². The number of imidazole rings is 2. The molecule has 10 nitrogen and oxygen atoms in total. The Kier molecular flexibility index (Phi) is 4.76. The van der Waals surface area contributed by atoms with E-state index < -0.39 is 0 Å². The molecule has 0 unspecified atom stereocenters. The fraction of sp³-hybridized carbons (Fsp3) is 0.500. The zero-order valence-electron chi connectivity index (χ0n) is 18.0. The molecule has 0 saturated carbocycles. The van der Waals surface area contributed by atoms with Crippen LogP contribution in [0.5, 0.6) is 0 Å². The van der Waals surface area contributed by atoms with Gasteiger partial charge in [-0.15, -0.1) is 0 Å². The van der Waals surface area contributed by atoms with Crippen LogP contribution in [0.4, 0.5) is 0 Å². The van der Waals surface area contributed by atoms with E-state index >= 15 is 0 Å². The van der Waals surface area contributed by atoms with Crippen LogP contribution in [-0.2, 0) is 11.3 Å². The molecule has 10 heteroatoms. The maximum absolute atomic E-state index is 12.8. The number of aromatic amines is 1. The summed E-state index contributed by atoms with van der Waals surface area (Å²) >= 11 is 0. The van der Waals surface area contributed by atoms with Gasteiger partial charge in [0.1, 0.15) is 11.6 Å². The maximum atomic E-state index is 12.8. The number of hydrogen-bond donors (Lipinski definition) is 1. The van der Waals surface area contributed by atoms with E-state index in [4.69, 9.17) is 9.84 Å². The smallest absolute Gasteiger partial charge is 0.276 e. The molecule has 0 radical (unpaired) electrons. The van der Waals surface area contributed by atoms with Crippen molar-refractivity contribution in [1.82, 2.24) is 39.1 Å². The fourth-order valence-electron chi connectivity index (χ4n) is 5.07. The molecular formula is C22H26N8O2. The Bertz CT molecular complexity index is 1290. The van der Waals surface area contributed by atoms with Crippen LogP contribution in [0.2, 0.25) is 0 Å². The van der Waals surface area contributed by atoms with Gasteiger partial charge < -0.3 is 9.72 Å². The zero-order valence-corrected chi connectivity index (χ0v) is 18.0. The highest BCUT2D eigenvalue weighted by Gasteiger charge is 2.34. The van der Waals surface area contributed by atoms with Crippen molar-refractivity contribution >= 4 is 11.2 Å². The molecule has 32 heavy (non-hydrogen) atoms. The van der Waals surface area contributed by atoms with E-state index in [-0.39, 0.29) is 17.4 Å². The molecule has 4 aromatic heterocycles. The normalized spacial score (nSPS) is 22.9. The SMILES string of the molecule is C[C@H]1CN(Cc2cn3ncccc3n2)C[C@@H]1c1nn2c(C3CCOCC3)ncc2c(=O)[nH]1. The van der Waals surface area contributed by atoms with Crippen molar-refractivity contribution < 1.29 is 4.74 Å². The van der Waals surface area contributed by atoms with Crippen LogP contribution >= 0.6 is 0 Å². The fourth-order valence-corrected chi connectivity index (χ4v) is 5.07. The predicted octanol–water partition coefficient (Wildman–Crippen LogP) is 1.59. The first-order valence-corrected chi connectivity index (χ1v) is 11.2. The van der Waals surface area contributed by atoms with Crippen molar-refractivity contribution in [3.05, 3.63) is 58.4 Å². The number of rotatable bonds is 4. The first-order chi connectivity index (χ1) is 15.7. The Hall–Kier alpha value is -3.11. The van der Waals surface area contributed by atoms with Gasteiger partial charge in [-0.05, 0) is 30.9 Å². The molecule has 6 rings (SSSR count). The molecule has 0 bridgehead atoms. The third-order valence-corrected chi connectivity index (χ3v) is 6.74. The van der Waals surface area contributed by atoms with Gasteiger partial charge in [0.05, 0.1) is 18.1 Å². The summed E-state index contributed by atoms with van der Waals surface area (Å²) in [5.74, 6) is 2.39. The van der Waals surface area contributed by atoms with E-state index in [1.807, 2.05) is 18.3 Å². The number of nitrogens with zero attached hydrogens (tertiary/aromatic N) is 7. The average Bonchev–Trinajstić information content (AvgIpc) is 3.50. The van der Waals surface area contributed by atoms with E-state index in [0.29, 0.717) is 11.4 Å². The van der Waals surface area contributed by atoms with Crippen molar-refractivity contribution in [3.63, 3.8) is 0 Å². The lowest BCUT2D eigenvalue weighted by molar-refractivity contribution is 0.0832. The molecule has 2 aliphatic heterocycles. The van der Waals surface area contributed by atoms with Crippen molar-refractivity contribution in [2.75, 3.05) is 26.3 Å². The van der Waals surface area contributed by atoms with Crippen LogP contribution in [0.15, 0.2) is 35.5 Å². The molecule has 0 aromatic carbocycles. The molecule has 0 aliphatic carbocycles. The Balaban J connectivity index is 1.27. The summed E-state index contributed by atoms with van der Waals surface area (Å²) in [6.07, 6.45) is 7.19. The Morgan fingerprint density at radius 2 is 2.12 bits per heavy atom. The Morgan fingerprint density at radius 3 is 2.97 bits per heavy atom. The minimum absolute atomic E-state index is 0.127. The quantitative estimate of drug-likeness (QED) is 0.520. The largest absolute Gasteiger partial charge is 0.381 e. The van der Waals surface area contributed by atoms with Gasteiger partial charge in [-0.1, -0.05) is 6.92 Å². The second-order valence-corrected chi connectivity index (χ2v) is 8.98. The molecular weight excluding hydrogens is 408 g/mol. The highest BCUT2D eigenvalue weighted by molar-refractivity contribution is 5.42. The Labute approximate surface area is 184 Å². The van der Waals surface area contributed by atoms with Crippen LogP contribution in [-0.4, -0.2) is 65.4 Å². The molecule has 0 spiro atoms. The lowest BCUT2D eigenvalue weighted by Crippen LogP contribution is -2.24. The number of likely N-dealkylation sites (tertiary alicyclic amines) is 1. The molecule has 1 N–H and O–H groups in total. The van der Waals surface area contributed by atoms with Crippen LogP contribution in [0.3, 0.4) is 0 Å². The molecule has 2 aliphatic rings. The molecule has 4 aromatic rings. The van der Waals surface area contributed by atoms with Crippen molar-refractivity contribution in [3.8, 4) is 0 Å². The molecule has 2 saturated heterocycles. The first-order valence-electron chi connectivity index (χ1n) is 11.2. The molecule has 6 heterocycles. The third kappa shape index (κ3) is 3.39. The molecule has 0 amide bonds. The number of H-pyrrole nitrogens is 1. The molecule has 166 valence electrons. The lowest BCUT2D eigenvalue weighted by Gasteiger charge is -2.21. The summed E-state index contributed by atoms with van der Waals surface area (Å²) < 4.78 is 9.06. The van der Waals surface area contributed by atoms with Crippen LogP contribution in [0.25, 0.3) is 11.2 Å². The van der Waals surface area contributed by atoms with Crippen molar-refractivity contribution in [2.45, 2.75) is 38.1 Å². The van der Waals surface area contributed by atoms with Gasteiger partial charge in [0.15, 0.2) is 11.2 Å². The lowest BCUT2D eigenvalue weighted by atomic mass is 9.97. The Morgan fingerprint density at radius 1 is 1.25 bits per heavy atom. The monoisotopic (exact) mass is 434 g/mol.